The molecule has 2 fully saturated rings. The summed E-state index contributed by atoms with van der Waals surface area (Å²) in [5.74, 6) is 1.72. The lowest BCUT2D eigenvalue weighted by Gasteiger charge is -2.35. The van der Waals surface area contributed by atoms with E-state index in [1.54, 1.807) is 0 Å². The van der Waals surface area contributed by atoms with E-state index in [9.17, 15) is 0 Å². The Morgan fingerprint density at radius 3 is 1.30 bits per heavy atom. The molecule has 47 heavy (non-hydrogen) atoms. The number of epoxide rings is 2. The second-order valence-corrected chi connectivity index (χ2v) is 12.5. The molecule has 0 bridgehead atoms. The van der Waals surface area contributed by atoms with Crippen molar-refractivity contribution in [3.63, 3.8) is 0 Å². The summed E-state index contributed by atoms with van der Waals surface area (Å²) in [6, 6.07) is 52.3. The highest BCUT2D eigenvalue weighted by atomic mass is 16.6. The van der Waals surface area contributed by atoms with Gasteiger partial charge in [-0.05, 0) is 68.8 Å². The standard InChI is InChI=1S/C43H34O4/c1-3-11-29(12-4-1)37-23-31(19-21-41(37)46-27-33-25-44-33)43(39-17-9-7-15-35(39)36-16-8-10-18-40(36)43)32-20-22-42(47-28-34-26-45-34)38(24-32)30-13-5-2-6-14-30/h1-24,33-34H,25-28H2. The van der Waals surface area contributed by atoms with Crippen LogP contribution in [0.4, 0.5) is 0 Å². The molecule has 4 nitrogen and oxygen atoms in total. The quantitative estimate of drug-likeness (QED) is 0.144. The third-order valence-electron chi connectivity index (χ3n) is 9.60. The van der Waals surface area contributed by atoms with Crippen molar-refractivity contribution < 1.29 is 18.9 Å². The Morgan fingerprint density at radius 1 is 0.468 bits per heavy atom. The fourth-order valence-corrected chi connectivity index (χ4v) is 7.18. The van der Waals surface area contributed by atoms with E-state index in [2.05, 4.69) is 146 Å². The van der Waals surface area contributed by atoms with Gasteiger partial charge in [0.1, 0.15) is 36.9 Å². The highest BCUT2D eigenvalue weighted by molar-refractivity contribution is 5.88. The van der Waals surface area contributed by atoms with E-state index < -0.39 is 5.41 Å². The van der Waals surface area contributed by atoms with Crippen LogP contribution in [-0.4, -0.2) is 38.6 Å². The van der Waals surface area contributed by atoms with Gasteiger partial charge in [0.15, 0.2) is 0 Å². The largest absolute Gasteiger partial charge is 0.490 e. The Kier molecular flexibility index (Phi) is 6.92. The average Bonchev–Trinajstić information content (AvgIpc) is 4.09. The smallest absolute Gasteiger partial charge is 0.127 e. The van der Waals surface area contributed by atoms with Gasteiger partial charge in [0, 0.05) is 11.1 Å². The van der Waals surface area contributed by atoms with Crippen molar-refractivity contribution in [1.82, 2.24) is 0 Å². The SMILES string of the molecule is c1ccc(-c2cc(C3(c4ccc(OCC5CO5)c(-c5ccccc5)c4)c4ccccc4-c4ccccc43)ccc2OCC2CO2)cc1. The first-order valence-corrected chi connectivity index (χ1v) is 16.4. The first kappa shape index (κ1) is 28.1. The fourth-order valence-electron chi connectivity index (χ4n) is 7.18. The summed E-state index contributed by atoms with van der Waals surface area (Å²) in [6.07, 6.45) is 0.337. The predicted octanol–water partition coefficient (Wildman–Crippen LogP) is 8.94. The second-order valence-electron chi connectivity index (χ2n) is 12.5. The third kappa shape index (κ3) is 5.01. The Labute approximate surface area is 275 Å². The van der Waals surface area contributed by atoms with Crippen LogP contribution in [0.1, 0.15) is 22.3 Å². The number of rotatable bonds is 10. The molecule has 2 atom stereocenters. The number of benzene rings is 6. The monoisotopic (exact) mass is 614 g/mol. The molecule has 0 aromatic heterocycles. The van der Waals surface area contributed by atoms with Crippen molar-refractivity contribution in [1.29, 1.82) is 0 Å². The zero-order valence-corrected chi connectivity index (χ0v) is 26.0. The van der Waals surface area contributed by atoms with Gasteiger partial charge in [0.2, 0.25) is 0 Å². The minimum atomic E-state index is -0.587. The lowest BCUT2D eigenvalue weighted by Crippen LogP contribution is -2.29. The molecule has 6 aromatic carbocycles. The average molecular weight is 615 g/mol. The number of hydrogen-bond donors (Lipinski definition) is 0. The Bertz CT molecular complexity index is 1910. The van der Waals surface area contributed by atoms with Crippen LogP contribution in [0.3, 0.4) is 0 Å². The van der Waals surface area contributed by atoms with Gasteiger partial charge < -0.3 is 18.9 Å². The molecule has 2 unspecified atom stereocenters. The summed E-state index contributed by atoms with van der Waals surface area (Å²) in [4.78, 5) is 0. The van der Waals surface area contributed by atoms with Crippen LogP contribution in [0.15, 0.2) is 146 Å². The van der Waals surface area contributed by atoms with Gasteiger partial charge in [-0.3, -0.25) is 0 Å². The lowest BCUT2D eigenvalue weighted by atomic mass is 9.67. The third-order valence-corrected chi connectivity index (χ3v) is 9.60. The summed E-state index contributed by atoms with van der Waals surface area (Å²) in [5, 5.41) is 0. The van der Waals surface area contributed by atoms with Crippen molar-refractivity contribution in [2.75, 3.05) is 26.4 Å². The molecule has 0 amide bonds. The maximum atomic E-state index is 6.40. The number of hydrogen-bond acceptors (Lipinski definition) is 4. The van der Waals surface area contributed by atoms with Gasteiger partial charge in [-0.25, -0.2) is 0 Å². The fraction of sp³-hybridized carbons (Fsp3) is 0.163. The molecule has 0 N–H and O–H groups in total. The van der Waals surface area contributed by atoms with Crippen molar-refractivity contribution >= 4 is 0 Å². The molecule has 0 radical (unpaired) electrons. The highest BCUT2D eigenvalue weighted by Crippen LogP contribution is 2.57. The van der Waals surface area contributed by atoms with Gasteiger partial charge in [-0.1, -0.05) is 121 Å². The van der Waals surface area contributed by atoms with Crippen LogP contribution in [0.2, 0.25) is 0 Å². The van der Waals surface area contributed by atoms with E-state index in [1.165, 1.54) is 33.4 Å². The van der Waals surface area contributed by atoms with Crippen LogP contribution in [0.25, 0.3) is 33.4 Å². The molecule has 230 valence electrons. The summed E-state index contributed by atoms with van der Waals surface area (Å²) < 4.78 is 23.8. The predicted molar refractivity (Wildman–Crippen MR) is 185 cm³/mol. The van der Waals surface area contributed by atoms with Gasteiger partial charge in [0.05, 0.1) is 18.6 Å². The molecule has 1 aliphatic carbocycles. The van der Waals surface area contributed by atoms with Gasteiger partial charge in [0.25, 0.3) is 0 Å². The van der Waals surface area contributed by atoms with E-state index in [0.717, 1.165) is 47.0 Å². The van der Waals surface area contributed by atoms with E-state index >= 15 is 0 Å². The summed E-state index contributed by atoms with van der Waals surface area (Å²) in [6.45, 7) is 2.60. The Morgan fingerprint density at radius 2 is 0.872 bits per heavy atom. The first-order valence-electron chi connectivity index (χ1n) is 16.4. The van der Waals surface area contributed by atoms with Crippen molar-refractivity contribution in [2.24, 2.45) is 0 Å². The normalized spacial score (nSPS) is 18.2. The molecule has 4 heteroatoms. The molecular formula is C43H34O4. The maximum Gasteiger partial charge on any atom is 0.127 e. The van der Waals surface area contributed by atoms with E-state index in [1.807, 2.05) is 0 Å². The van der Waals surface area contributed by atoms with E-state index in [4.69, 9.17) is 18.9 Å². The summed E-state index contributed by atoms with van der Waals surface area (Å²) in [5.41, 5.74) is 11.2. The minimum Gasteiger partial charge on any atom is -0.490 e. The number of ether oxygens (including phenoxy) is 4. The minimum absolute atomic E-state index is 0.168. The Hall–Kier alpha value is -5.16. The van der Waals surface area contributed by atoms with Crippen molar-refractivity contribution in [3.8, 4) is 44.9 Å². The summed E-state index contributed by atoms with van der Waals surface area (Å²) in [7, 11) is 0. The first-order chi connectivity index (χ1) is 23.3. The van der Waals surface area contributed by atoms with Gasteiger partial charge in [-0.15, -0.1) is 0 Å². The highest BCUT2D eigenvalue weighted by Gasteiger charge is 2.46. The molecular weight excluding hydrogens is 580 g/mol. The topological polar surface area (TPSA) is 43.5 Å². The maximum absolute atomic E-state index is 6.40. The molecule has 0 spiro atoms. The molecule has 6 aromatic rings. The van der Waals surface area contributed by atoms with Crippen LogP contribution >= 0.6 is 0 Å². The molecule has 2 aliphatic heterocycles. The van der Waals surface area contributed by atoms with E-state index in [-0.39, 0.29) is 12.2 Å². The van der Waals surface area contributed by atoms with Crippen molar-refractivity contribution in [2.45, 2.75) is 17.6 Å². The van der Waals surface area contributed by atoms with Crippen LogP contribution in [-0.2, 0) is 14.9 Å². The van der Waals surface area contributed by atoms with Crippen molar-refractivity contribution in [3.05, 3.63) is 168 Å². The van der Waals surface area contributed by atoms with Crippen LogP contribution in [0, 0.1) is 0 Å². The van der Waals surface area contributed by atoms with Gasteiger partial charge >= 0.3 is 0 Å². The van der Waals surface area contributed by atoms with Crippen LogP contribution < -0.4 is 9.47 Å². The molecule has 9 rings (SSSR count). The molecule has 2 saturated heterocycles. The second kappa shape index (κ2) is 11.6. The van der Waals surface area contributed by atoms with E-state index in [0.29, 0.717) is 13.2 Å². The molecule has 2 heterocycles. The lowest BCUT2D eigenvalue weighted by molar-refractivity contribution is 0.263. The zero-order chi connectivity index (χ0) is 31.2. The molecule has 0 saturated carbocycles. The summed E-state index contributed by atoms with van der Waals surface area (Å²) >= 11 is 0. The molecule has 3 aliphatic rings. The Balaban J connectivity index is 1.30. The van der Waals surface area contributed by atoms with Crippen LogP contribution in [0.5, 0.6) is 11.5 Å². The van der Waals surface area contributed by atoms with Gasteiger partial charge in [-0.2, -0.15) is 0 Å². The zero-order valence-electron chi connectivity index (χ0n) is 26.0. The number of fused-ring (bicyclic) bond motifs is 3.